The number of fused-ring (bicyclic) bond motifs is 1. The van der Waals surface area contributed by atoms with E-state index < -0.39 is 23.9 Å². The molecule has 1 amide bonds. The monoisotopic (exact) mass is 570 g/mol. The Morgan fingerprint density at radius 3 is 2.15 bits per heavy atom. The topological polar surface area (TPSA) is 95.2 Å². The van der Waals surface area contributed by atoms with Crippen LogP contribution in [0.25, 0.3) is 23.4 Å². The summed E-state index contributed by atoms with van der Waals surface area (Å²) in [5.74, 6) is -7.14. The van der Waals surface area contributed by atoms with Crippen molar-refractivity contribution in [3.05, 3.63) is 70.9 Å². The van der Waals surface area contributed by atoms with Gasteiger partial charge in [0.15, 0.2) is 0 Å². The lowest BCUT2D eigenvalue weighted by atomic mass is 10.1. The molecule has 0 radical (unpaired) electrons. The maximum Gasteiger partial charge on any atom is 0.458 e. The molecule has 0 bridgehead atoms. The lowest BCUT2D eigenvalue weighted by molar-refractivity contribution is -0.193. The fourth-order valence-electron chi connectivity index (χ4n) is 3.52. The summed E-state index contributed by atoms with van der Waals surface area (Å²) < 4.78 is 81.2. The Morgan fingerprint density at radius 1 is 0.950 bits per heavy atom. The summed E-state index contributed by atoms with van der Waals surface area (Å²) in [5.41, 5.74) is 5.49. The number of halogens is 7. The predicted molar refractivity (Wildman–Crippen MR) is 132 cm³/mol. The zero-order valence-corrected chi connectivity index (χ0v) is 20.9. The number of pyridine rings is 1. The number of aromatic nitrogens is 2. The zero-order chi connectivity index (χ0) is 29.8. The third kappa shape index (κ3) is 7.33. The molecule has 0 atom stereocenters. The minimum Gasteiger partial charge on any atom is -0.378 e. The number of nitrogens with one attached hydrogen (secondary N) is 2. The van der Waals surface area contributed by atoms with Crippen LogP contribution in [0.2, 0.25) is 0 Å². The highest BCUT2D eigenvalue weighted by Crippen LogP contribution is 2.26. The van der Waals surface area contributed by atoms with Crippen LogP contribution in [0.1, 0.15) is 27.3 Å². The number of amides is 1. The Bertz CT molecular complexity index is 1430. The van der Waals surface area contributed by atoms with Crippen molar-refractivity contribution in [1.29, 1.82) is 0 Å². The lowest BCUT2D eigenvalue weighted by Gasteiger charge is -2.12. The molecule has 1 aromatic carbocycles. The van der Waals surface area contributed by atoms with Gasteiger partial charge in [-0.3, -0.25) is 19.4 Å². The molecule has 0 fully saturated rings. The number of hydrogen-bond donors (Lipinski definition) is 2. The van der Waals surface area contributed by atoms with Gasteiger partial charge in [0.05, 0.1) is 11.3 Å². The molecule has 1 aliphatic heterocycles. The smallest absolute Gasteiger partial charge is 0.378 e. The molecular weight excluding hydrogens is 549 g/mol. The van der Waals surface area contributed by atoms with E-state index in [9.17, 15) is 45.1 Å². The van der Waals surface area contributed by atoms with Gasteiger partial charge in [0, 0.05) is 61.5 Å². The van der Waals surface area contributed by atoms with Crippen molar-refractivity contribution in [3.63, 3.8) is 0 Å². The second-order valence-electron chi connectivity index (χ2n) is 8.64. The van der Waals surface area contributed by atoms with Gasteiger partial charge < -0.3 is 15.2 Å². The number of rotatable bonds is 5. The van der Waals surface area contributed by atoms with Crippen LogP contribution < -0.4 is 10.2 Å². The molecule has 40 heavy (non-hydrogen) atoms. The summed E-state index contributed by atoms with van der Waals surface area (Å²) >= 11 is 0. The van der Waals surface area contributed by atoms with E-state index in [2.05, 4.69) is 15.3 Å². The van der Waals surface area contributed by atoms with Crippen LogP contribution in [0, 0.1) is 5.82 Å². The van der Waals surface area contributed by atoms with Crippen LogP contribution in [0.15, 0.2) is 42.6 Å². The number of benzene rings is 1. The SMILES string of the molecule is CN(C)c1ccc(/C=C/c2cc(-c3cc4c([nH]3)CCNC4=O)ccn2)c(F)c1.O=C(C(=O)C(F)(F)F)C(F)(F)F. The van der Waals surface area contributed by atoms with E-state index in [0.29, 0.717) is 23.4 Å². The minimum absolute atomic E-state index is 0.0467. The summed E-state index contributed by atoms with van der Waals surface area (Å²) in [6.07, 6.45) is -5.54. The Labute approximate surface area is 222 Å². The van der Waals surface area contributed by atoms with Crippen molar-refractivity contribution in [1.82, 2.24) is 15.3 Å². The van der Waals surface area contributed by atoms with Crippen molar-refractivity contribution in [2.24, 2.45) is 0 Å². The van der Waals surface area contributed by atoms with Crippen molar-refractivity contribution in [3.8, 4) is 11.3 Å². The zero-order valence-electron chi connectivity index (χ0n) is 20.9. The molecule has 0 aliphatic carbocycles. The number of ketones is 2. The standard InChI is InChI=1S/C22H21FN4O.C4F6O2/c1-27(2)17-6-4-14(19(23)12-17)3-5-16-11-15(7-9-24-16)21-13-18-20(26-21)8-10-25-22(18)28;5-3(6,7)1(11)2(12)4(8,9)10/h3-7,9,11-13,26H,8,10H2,1-2H3,(H,25,28);/b5-3+;. The van der Waals surface area contributed by atoms with Gasteiger partial charge in [-0.1, -0.05) is 0 Å². The molecule has 1 aliphatic rings. The van der Waals surface area contributed by atoms with Crippen LogP contribution >= 0.6 is 0 Å². The van der Waals surface area contributed by atoms with Gasteiger partial charge in [0.1, 0.15) is 5.82 Å². The molecule has 0 unspecified atom stereocenters. The molecule has 0 saturated heterocycles. The molecule has 3 aromatic rings. The number of Topliss-reactive ketones (excluding diaryl/α,β-unsaturated/α-hetero) is 2. The van der Waals surface area contributed by atoms with Crippen molar-refractivity contribution >= 4 is 35.3 Å². The maximum atomic E-state index is 14.3. The summed E-state index contributed by atoms with van der Waals surface area (Å²) in [5, 5.41) is 2.85. The number of nitrogens with zero attached hydrogens (tertiary/aromatic N) is 2. The number of H-pyrrole nitrogens is 1. The van der Waals surface area contributed by atoms with E-state index in [-0.39, 0.29) is 11.7 Å². The van der Waals surface area contributed by atoms with Crippen LogP contribution in [-0.2, 0) is 16.0 Å². The molecule has 0 spiro atoms. The van der Waals surface area contributed by atoms with Crippen molar-refractivity contribution in [2.75, 3.05) is 25.5 Å². The first-order valence-electron chi connectivity index (χ1n) is 11.4. The highest BCUT2D eigenvalue weighted by Gasteiger charge is 2.54. The third-order valence-corrected chi connectivity index (χ3v) is 5.55. The first-order valence-corrected chi connectivity index (χ1v) is 11.4. The van der Waals surface area contributed by atoms with E-state index in [1.165, 1.54) is 6.07 Å². The highest BCUT2D eigenvalue weighted by atomic mass is 19.4. The van der Waals surface area contributed by atoms with E-state index in [0.717, 1.165) is 29.1 Å². The Hall–Kier alpha value is -4.49. The van der Waals surface area contributed by atoms with Gasteiger partial charge in [0.2, 0.25) is 0 Å². The van der Waals surface area contributed by atoms with Gasteiger partial charge >= 0.3 is 23.9 Å². The van der Waals surface area contributed by atoms with E-state index in [4.69, 9.17) is 0 Å². The average molecular weight is 570 g/mol. The molecule has 2 N–H and O–H groups in total. The van der Waals surface area contributed by atoms with Gasteiger partial charge in [-0.05, 0) is 48.6 Å². The first kappa shape index (κ1) is 30.1. The number of hydrogen-bond acceptors (Lipinski definition) is 5. The molecule has 7 nitrogen and oxygen atoms in total. The quantitative estimate of drug-likeness (QED) is 0.333. The van der Waals surface area contributed by atoms with Crippen LogP contribution in [0.3, 0.4) is 0 Å². The fraction of sp³-hybridized carbons (Fsp3) is 0.231. The Morgan fingerprint density at radius 2 is 1.60 bits per heavy atom. The number of alkyl halides is 6. The molecule has 3 heterocycles. The van der Waals surface area contributed by atoms with Crippen LogP contribution in [0.5, 0.6) is 0 Å². The number of carbonyl (C=O) groups is 3. The lowest BCUT2D eigenvalue weighted by Crippen LogP contribution is -2.39. The van der Waals surface area contributed by atoms with Crippen LogP contribution in [-0.4, -0.2) is 60.4 Å². The molecule has 0 saturated carbocycles. The van der Waals surface area contributed by atoms with Crippen molar-refractivity contribution < 1.29 is 45.1 Å². The van der Waals surface area contributed by atoms with E-state index in [1.807, 2.05) is 43.3 Å². The van der Waals surface area contributed by atoms with Crippen molar-refractivity contribution in [2.45, 2.75) is 18.8 Å². The third-order valence-electron chi connectivity index (χ3n) is 5.55. The summed E-state index contributed by atoms with van der Waals surface area (Å²) in [7, 11) is 3.75. The maximum absolute atomic E-state index is 14.3. The number of anilines is 1. The fourth-order valence-corrected chi connectivity index (χ4v) is 3.52. The second-order valence-corrected chi connectivity index (χ2v) is 8.64. The second kappa shape index (κ2) is 11.7. The molecule has 4 rings (SSSR count). The normalized spacial score (nSPS) is 13.3. The van der Waals surface area contributed by atoms with Gasteiger partial charge in [-0.2, -0.15) is 26.3 Å². The summed E-state index contributed by atoms with van der Waals surface area (Å²) in [4.78, 5) is 40.7. The molecule has 212 valence electrons. The molecule has 14 heteroatoms. The first-order chi connectivity index (χ1) is 18.6. The largest absolute Gasteiger partial charge is 0.458 e. The highest BCUT2D eigenvalue weighted by molar-refractivity contribution is 6.41. The van der Waals surface area contributed by atoms with Gasteiger partial charge in [-0.25, -0.2) is 4.39 Å². The van der Waals surface area contributed by atoms with E-state index >= 15 is 0 Å². The van der Waals surface area contributed by atoms with Gasteiger partial charge in [0.25, 0.3) is 5.91 Å². The van der Waals surface area contributed by atoms with Crippen LogP contribution in [0.4, 0.5) is 36.4 Å². The average Bonchev–Trinajstić information content (AvgIpc) is 3.32. The number of aromatic amines is 1. The minimum atomic E-state index is -5.77. The van der Waals surface area contributed by atoms with E-state index in [1.54, 1.807) is 24.4 Å². The number of carbonyl (C=O) groups excluding carboxylic acids is 3. The Balaban J connectivity index is 0.000000312. The molecular formula is C26H21F7N4O3. The Kier molecular flexibility index (Phi) is 8.80. The van der Waals surface area contributed by atoms with Gasteiger partial charge in [-0.15, -0.1) is 0 Å². The summed E-state index contributed by atoms with van der Waals surface area (Å²) in [6, 6.07) is 10.8. The molecule has 2 aromatic heterocycles. The predicted octanol–water partition coefficient (Wildman–Crippen LogP) is 4.99. The summed E-state index contributed by atoms with van der Waals surface area (Å²) in [6.45, 7) is 0.647.